The topological polar surface area (TPSA) is 66.8 Å². The van der Waals surface area contributed by atoms with Gasteiger partial charge in [-0.15, -0.1) is 0 Å². The zero-order chi connectivity index (χ0) is 8.32. The molecule has 0 aromatic heterocycles. The van der Waals surface area contributed by atoms with Gasteiger partial charge in [0.25, 0.3) is 0 Å². The summed E-state index contributed by atoms with van der Waals surface area (Å²) in [6.45, 7) is 0. The smallest absolute Gasteiger partial charge is 1.00 e. The Morgan fingerprint density at radius 3 is 2.08 bits per heavy atom. The van der Waals surface area contributed by atoms with E-state index in [1.807, 2.05) is 0 Å². The zero-order valence-corrected chi connectivity index (χ0v) is 8.56. The molecule has 70 valence electrons. The van der Waals surface area contributed by atoms with Gasteiger partial charge in [-0.2, -0.15) is 0 Å². The Kier molecular flexibility index (Phi) is 8.39. The molecule has 0 fully saturated rings. The maximum Gasteiger partial charge on any atom is 2.00 e. The van der Waals surface area contributed by atoms with Crippen molar-refractivity contribution in [1.82, 2.24) is 0 Å². The van der Waals surface area contributed by atoms with Crippen LogP contribution in [0, 0.1) is 0 Å². The third-order valence-corrected chi connectivity index (χ3v) is 1.42. The van der Waals surface area contributed by atoms with Gasteiger partial charge in [0.15, 0.2) is 17.4 Å². The average molecular weight is 230 g/mol. The van der Waals surface area contributed by atoms with Crippen molar-refractivity contribution in [2.45, 2.75) is 0 Å². The molecule has 0 bridgehead atoms. The van der Waals surface area contributed by atoms with Gasteiger partial charge in [-0.25, -0.2) is 4.57 Å². The molecule has 13 heavy (non-hydrogen) atoms. The van der Waals surface area contributed by atoms with Crippen LogP contribution in [-0.2, 0) is 4.57 Å². The van der Waals surface area contributed by atoms with Gasteiger partial charge >= 0.3 is 30.9 Å². The normalized spacial score (nSPS) is 9.38. The van der Waals surface area contributed by atoms with Gasteiger partial charge in [0.2, 0.25) is 0 Å². The average Bonchev–Trinajstić information content (AvgIpc) is 1.85. The van der Waals surface area contributed by atoms with E-state index in [9.17, 15) is 4.57 Å². The molecule has 0 saturated carbocycles. The third kappa shape index (κ3) is 7.53. The Bertz CT molecular complexity index is 284. The predicted molar refractivity (Wildman–Crippen MR) is 57.0 cm³/mol. The molecule has 0 amide bonds. The first-order valence-corrected chi connectivity index (χ1v) is 4.41. The number of rotatable bonds is 2. The largest absolute Gasteiger partial charge is 2.00 e. The molecular formula is C6H12AlMgO4P. The second-order valence-electron chi connectivity index (χ2n) is 1.89. The summed E-state index contributed by atoms with van der Waals surface area (Å²) in [5, 5.41) is 0. The van der Waals surface area contributed by atoms with Gasteiger partial charge in [-0.1, -0.05) is 18.2 Å². The number of hydrogen-bond donors (Lipinski definition) is 2. The molecule has 0 heterocycles. The first kappa shape index (κ1) is 15.9. The predicted octanol–water partition coefficient (Wildman–Crippen LogP) is -0.182. The van der Waals surface area contributed by atoms with Gasteiger partial charge in [0.1, 0.15) is 5.75 Å². The van der Waals surface area contributed by atoms with Crippen LogP contribution in [0.25, 0.3) is 0 Å². The van der Waals surface area contributed by atoms with E-state index in [0.29, 0.717) is 0 Å². The second kappa shape index (κ2) is 6.85. The maximum atomic E-state index is 10.3. The van der Waals surface area contributed by atoms with Crippen molar-refractivity contribution in [2.24, 2.45) is 0 Å². The van der Waals surface area contributed by atoms with Gasteiger partial charge in [0, 0.05) is 0 Å². The van der Waals surface area contributed by atoms with Crippen LogP contribution in [0.3, 0.4) is 0 Å². The summed E-state index contributed by atoms with van der Waals surface area (Å²) in [6.07, 6.45) is 0. The summed E-state index contributed by atoms with van der Waals surface area (Å²) in [7, 11) is -4.39. The van der Waals surface area contributed by atoms with E-state index >= 15 is 0 Å². The van der Waals surface area contributed by atoms with Crippen LogP contribution in [0.4, 0.5) is 0 Å². The SMILES string of the molecule is O=P(O)(O)Oc1ccccc1.[AlH3].[H-].[H-].[Mg+2]. The molecule has 0 radical (unpaired) electrons. The number of benzene rings is 1. The van der Waals surface area contributed by atoms with Crippen molar-refractivity contribution in [3.8, 4) is 5.75 Å². The molecular weight excluding hydrogens is 218 g/mol. The van der Waals surface area contributed by atoms with E-state index < -0.39 is 7.82 Å². The van der Waals surface area contributed by atoms with Crippen LogP contribution >= 0.6 is 7.82 Å². The fraction of sp³-hybridized carbons (Fsp3) is 0. The zero-order valence-electron chi connectivity index (χ0n) is 8.25. The monoisotopic (exact) mass is 230 g/mol. The number of para-hydroxylation sites is 1. The number of hydrogen-bond acceptors (Lipinski definition) is 2. The summed E-state index contributed by atoms with van der Waals surface area (Å²) >= 11 is 0. The van der Waals surface area contributed by atoms with E-state index in [1.165, 1.54) is 12.1 Å². The van der Waals surface area contributed by atoms with Crippen LogP contribution in [0.5, 0.6) is 5.75 Å². The molecule has 1 aromatic rings. The Labute approximate surface area is 106 Å². The molecule has 0 aliphatic heterocycles. The summed E-state index contributed by atoms with van der Waals surface area (Å²) in [5.74, 6) is 0.167. The van der Waals surface area contributed by atoms with E-state index in [4.69, 9.17) is 9.79 Å². The van der Waals surface area contributed by atoms with E-state index in [-0.39, 0.29) is 49.0 Å². The quantitative estimate of drug-likeness (QED) is 0.546. The molecule has 1 rings (SSSR count). The van der Waals surface area contributed by atoms with Crippen LogP contribution in [0.15, 0.2) is 30.3 Å². The molecule has 1 aromatic carbocycles. The Morgan fingerprint density at radius 2 is 1.69 bits per heavy atom. The van der Waals surface area contributed by atoms with Gasteiger partial charge in [-0.05, 0) is 12.1 Å². The maximum absolute atomic E-state index is 10.3. The summed E-state index contributed by atoms with van der Waals surface area (Å²) in [6, 6.07) is 7.93. The van der Waals surface area contributed by atoms with E-state index in [2.05, 4.69) is 4.52 Å². The molecule has 0 unspecified atom stereocenters. The van der Waals surface area contributed by atoms with Gasteiger partial charge < -0.3 is 7.38 Å². The van der Waals surface area contributed by atoms with Crippen molar-refractivity contribution in [3.05, 3.63) is 30.3 Å². The van der Waals surface area contributed by atoms with Gasteiger partial charge in [-0.3, -0.25) is 9.79 Å². The van der Waals surface area contributed by atoms with Crippen molar-refractivity contribution >= 4 is 48.2 Å². The molecule has 4 nitrogen and oxygen atoms in total. The standard InChI is InChI=1S/C6H7O4P.Al.Mg.5H/c7-11(8,9)10-6-4-2-1-3-5-6;;;;;;;/h1-5H,(H2,7,8,9);;;;;;;/q;;+2;;;;2*-1. The summed E-state index contributed by atoms with van der Waals surface area (Å²) in [5.41, 5.74) is 0. The van der Waals surface area contributed by atoms with Crippen molar-refractivity contribution < 1.29 is 21.7 Å². The molecule has 0 aliphatic rings. The molecule has 0 spiro atoms. The van der Waals surface area contributed by atoms with Crippen molar-refractivity contribution in [2.75, 3.05) is 0 Å². The fourth-order valence-corrected chi connectivity index (χ4v) is 1.02. The third-order valence-electron chi connectivity index (χ3n) is 0.968. The molecule has 0 aliphatic carbocycles. The van der Waals surface area contributed by atoms with Crippen LogP contribution in [0.2, 0.25) is 0 Å². The Hall–Kier alpha value is 0.469. The van der Waals surface area contributed by atoms with E-state index in [0.717, 1.165) is 0 Å². The van der Waals surface area contributed by atoms with Crippen LogP contribution < -0.4 is 4.52 Å². The molecule has 0 atom stereocenters. The second-order valence-corrected chi connectivity index (χ2v) is 3.06. The van der Waals surface area contributed by atoms with Gasteiger partial charge in [0.05, 0.1) is 0 Å². The van der Waals surface area contributed by atoms with E-state index in [1.54, 1.807) is 18.2 Å². The Morgan fingerprint density at radius 1 is 1.23 bits per heavy atom. The van der Waals surface area contributed by atoms with Crippen LogP contribution in [-0.4, -0.2) is 50.2 Å². The number of phosphoric acid groups is 1. The molecule has 0 saturated heterocycles. The molecule has 2 N–H and O–H groups in total. The summed E-state index contributed by atoms with van der Waals surface area (Å²) in [4.78, 5) is 16.7. The van der Waals surface area contributed by atoms with Crippen LogP contribution in [0.1, 0.15) is 2.85 Å². The number of phosphoric ester groups is 1. The minimum Gasteiger partial charge on any atom is -1.00 e. The first-order valence-electron chi connectivity index (χ1n) is 2.88. The van der Waals surface area contributed by atoms with Crippen molar-refractivity contribution in [3.63, 3.8) is 0 Å². The minimum atomic E-state index is -4.39. The van der Waals surface area contributed by atoms with Crippen molar-refractivity contribution in [1.29, 1.82) is 0 Å². The first-order chi connectivity index (χ1) is 5.08. The minimum absolute atomic E-state index is 0. The summed E-state index contributed by atoms with van der Waals surface area (Å²) < 4.78 is 14.5. The fourth-order valence-electron chi connectivity index (χ4n) is 0.619. The molecule has 7 heteroatoms. The Balaban J connectivity index is -0.000000151.